The van der Waals surface area contributed by atoms with Crippen molar-refractivity contribution in [3.8, 4) is 17.5 Å². The summed E-state index contributed by atoms with van der Waals surface area (Å²) in [5.74, 6) is -0.236. The molecule has 11 heteroatoms. The van der Waals surface area contributed by atoms with Gasteiger partial charge in [0.2, 0.25) is 17.7 Å². The molecule has 35 heavy (non-hydrogen) atoms. The van der Waals surface area contributed by atoms with Crippen LogP contribution < -0.4 is 9.47 Å². The second kappa shape index (κ2) is 11.8. The maximum Gasteiger partial charge on any atom is 0.528 e. The average molecular weight is 491 g/mol. The molecule has 1 saturated heterocycles. The number of carbonyl (C=O) groups is 2. The highest BCUT2D eigenvalue weighted by atomic mass is 19.1. The van der Waals surface area contributed by atoms with Gasteiger partial charge in [0.25, 0.3) is 0 Å². The quantitative estimate of drug-likeness (QED) is 0.513. The van der Waals surface area contributed by atoms with Gasteiger partial charge in [0.15, 0.2) is 11.6 Å². The summed E-state index contributed by atoms with van der Waals surface area (Å²) < 4.78 is 31.3. The molecular formula is C24H31FN4O6. The van der Waals surface area contributed by atoms with Gasteiger partial charge < -0.3 is 23.9 Å². The highest BCUT2D eigenvalue weighted by Crippen LogP contribution is 2.30. The Labute approximate surface area is 203 Å². The van der Waals surface area contributed by atoms with Gasteiger partial charge in [0.1, 0.15) is 12.4 Å². The lowest BCUT2D eigenvalue weighted by molar-refractivity contribution is -0.151. The third kappa shape index (κ3) is 7.51. The number of likely N-dealkylation sites (N-methyl/N-ethyl adjacent to an activating group) is 1. The molecule has 0 spiro atoms. The van der Waals surface area contributed by atoms with E-state index in [-0.39, 0.29) is 36.2 Å². The van der Waals surface area contributed by atoms with Crippen molar-refractivity contribution in [1.29, 1.82) is 0 Å². The van der Waals surface area contributed by atoms with E-state index in [0.717, 1.165) is 0 Å². The number of benzene rings is 1. The Balaban J connectivity index is 1.59. The van der Waals surface area contributed by atoms with Gasteiger partial charge >= 0.3 is 6.16 Å². The number of hydrogen-bond donors (Lipinski definition) is 0. The number of halogens is 1. The zero-order valence-corrected chi connectivity index (χ0v) is 20.6. The maximum atomic E-state index is 14.6. The molecular weight excluding hydrogens is 459 g/mol. The van der Waals surface area contributed by atoms with Crippen LogP contribution in [0.15, 0.2) is 24.5 Å². The average Bonchev–Trinajstić information content (AvgIpc) is 2.78. The Morgan fingerprint density at radius 2 is 1.86 bits per heavy atom. The topological polar surface area (TPSA) is 103 Å². The fraction of sp³-hybridized carbons (Fsp3) is 0.500. The standard InChI is InChI=1S/C24H31FN4O6/c1-15(2)32-24(31)35-29-10-8-18(9-11-29)33-22-16(3)23(27-14-26-22)34-20-7-6-17(12-19(20)25)13-21(30)28(4)5/h6-7,12,14-15,18H,8-11,13H2,1-5H3. The van der Waals surface area contributed by atoms with E-state index in [0.29, 0.717) is 42.9 Å². The van der Waals surface area contributed by atoms with E-state index >= 15 is 0 Å². The molecule has 10 nitrogen and oxygen atoms in total. The summed E-state index contributed by atoms with van der Waals surface area (Å²) >= 11 is 0. The molecule has 1 fully saturated rings. The Morgan fingerprint density at radius 1 is 1.17 bits per heavy atom. The van der Waals surface area contributed by atoms with Gasteiger partial charge in [0.05, 0.1) is 18.1 Å². The van der Waals surface area contributed by atoms with Gasteiger partial charge in [-0.2, -0.15) is 0 Å². The maximum absolute atomic E-state index is 14.6. The van der Waals surface area contributed by atoms with Crippen LogP contribution in [-0.4, -0.2) is 71.4 Å². The van der Waals surface area contributed by atoms with Crippen LogP contribution in [0.4, 0.5) is 9.18 Å². The van der Waals surface area contributed by atoms with E-state index in [1.165, 1.54) is 23.4 Å². The van der Waals surface area contributed by atoms with E-state index in [2.05, 4.69) is 9.97 Å². The predicted octanol–water partition coefficient (Wildman–Crippen LogP) is 3.67. The zero-order valence-electron chi connectivity index (χ0n) is 20.6. The summed E-state index contributed by atoms with van der Waals surface area (Å²) in [5, 5.41) is 1.55. The monoisotopic (exact) mass is 490 g/mol. The summed E-state index contributed by atoms with van der Waals surface area (Å²) in [6, 6.07) is 4.38. The molecule has 0 bridgehead atoms. The third-order valence-electron chi connectivity index (χ3n) is 5.26. The molecule has 0 unspecified atom stereocenters. The molecule has 2 heterocycles. The molecule has 0 aliphatic carbocycles. The highest BCUT2D eigenvalue weighted by molar-refractivity contribution is 5.78. The molecule has 0 N–H and O–H groups in total. The van der Waals surface area contributed by atoms with Crippen molar-refractivity contribution in [2.75, 3.05) is 27.2 Å². The zero-order chi connectivity index (χ0) is 25.5. The molecule has 0 radical (unpaired) electrons. The van der Waals surface area contributed by atoms with Crippen LogP contribution in [0.5, 0.6) is 17.5 Å². The first-order valence-electron chi connectivity index (χ1n) is 11.4. The molecule has 0 atom stereocenters. The fourth-order valence-electron chi connectivity index (χ4n) is 3.33. The minimum Gasteiger partial charge on any atom is -0.474 e. The van der Waals surface area contributed by atoms with Crippen molar-refractivity contribution >= 4 is 12.1 Å². The van der Waals surface area contributed by atoms with E-state index in [9.17, 15) is 14.0 Å². The first-order chi connectivity index (χ1) is 16.6. The normalized spacial score (nSPS) is 14.5. The van der Waals surface area contributed by atoms with Gasteiger partial charge in [-0.3, -0.25) is 4.79 Å². The Morgan fingerprint density at radius 3 is 2.49 bits per heavy atom. The van der Waals surface area contributed by atoms with Crippen LogP contribution in [0, 0.1) is 12.7 Å². The van der Waals surface area contributed by atoms with Crippen LogP contribution in [0.1, 0.15) is 37.8 Å². The molecule has 190 valence electrons. The lowest BCUT2D eigenvalue weighted by atomic mass is 10.1. The number of hydrogen-bond acceptors (Lipinski definition) is 9. The van der Waals surface area contributed by atoms with Crippen molar-refractivity contribution in [1.82, 2.24) is 19.9 Å². The Bertz CT molecular complexity index is 1040. The molecule has 1 aromatic carbocycles. The largest absolute Gasteiger partial charge is 0.528 e. The molecule has 1 aliphatic heterocycles. The van der Waals surface area contributed by atoms with Crippen molar-refractivity contribution in [3.63, 3.8) is 0 Å². The summed E-state index contributed by atoms with van der Waals surface area (Å²) in [5.41, 5.74) is 1.07. The SMILES string of the molecule is Cc1c(Oc2ccc(CC(=O)N(C)C)cc2F)ncnc1OC1CCN(OC(=O)OC(C)C)CC1. The van der Waals surface area contributed by atoms with Crippen LogP contribution in [0.25, 0.3) is 0 Å². The van der Waals surface area contributed by atoms with Crippen LogP contribution in [-0.2, 0) is 20.8 Å². The predicted molar refractivity (Wildman–Crippen MR) is 124 cm³/mol. The number of nitrogens with zero attached hydrogens (tertiary/aromatic N) is 4. The van der Waals surface area contributed by atoms with Crippen LogP contribution >= 0.6 is 0 Å². The van der Waals surface area contributed by atoms with Crippen molar-refractivity contribution < 1.29 is 33.0 Å². The Hall–Kier alpha value is -3.47. The van der Waals surface area contributed by atoms with Crippen molar-refractivity contribution in [2.45, 2.75) is 52.2 Å². The molecule has 3 rings (SSSR count). The summed E-state index contributed by atoms with van der Waals surface area (Å²) in [6.07, 6.45) is 1.48. The van der Waals surface area contributed by atoms with E-state index in [1.807, 2.05) is 0 Å². The highest BCUT2D eigenvalue weighted by Gasteiger charge is 2.25. The fourth-order valence-corrected chi connectivity index (χ4v) is 3.33. The summed E-state index contributed by atoms with van der Waals surface area (Å²) in [6.45, 7) is 6.20. The Kier molecular flexibility index (Phi) is 8.80. The van der Waals surface area contributed by atoms with Gasteiger partial charge in [-0.1, -0.05) is 6.07 Å². The number of ether oxygens (including phenoxy) is 3. The van der Waals surface area contributed by atoms with E-state index < -0.39 is 12.0 Å². The number of carbonyl (C=O) groups excluding carboxylic acids is 2. The number of amides is 1. The first kappa shape index (κ1) is 26.1. The minimum absolute atomic E-state index is 0.0162. The minimum atomic E-state index is -0.725. The van der Waals surface area contributed by atoms with Gasteiger partial charge in [-0.25, -0.2) is 19.2 Å². The van der Waals surface area contributed by atoms with Gasteiger partial charge in [-0.15, -0.1) is 5.06 Å². The number of piperidine rings is 1. The first-order valence-corrected chi connectivity index (χ1v) is 11.4. The second-order valence-electron chi connectivity index (χ2n) is 8.69. The van der Waals surface area contributed by atoms with E-state index in [4.69, 9.17) is 19.0 Å². The molecule has 2 aromatic rings. The number of aromatic nitrogens is 2. The number of hydroxylamine groups is 2. The summed E-state index contributed by atoms with van der Waals surface area (Å²) in [4.78, 5) is 38.4. The second-order valence-corrected chi connectivity index (χ2v) is 8.69. The number of rotatable bonds is 8. The van der Waals surface area contributed by atoms with Crippen molar-refractivity contribution in [2.24, 2.45) is 0 Å². The smallest absolute Gasteiger partial charge is 0.474 e. The van der Waals surface area contributed by atoms with E-state index in [1.54, 1.807) is 46.0 Å². The third-order valence-corrected chi connectivity index (χ3v) is 5.26. The lowest BCUT2D eigenvalue weighted by Crippen LogP contribution is -2.40. The van der Waals surface area contributed by atoms with Crippen LogP contribution in [0.2, 0.25) is 0 Å². The van der Waals surface area contributed by atoms with Crippen LogP contribution in [0.3, 0.4) is 0 Å². The molecule has 1 aromatic heterocycles. The molecule has 1 aliphatic rings. The van der Waals surface area contributed by atoms with Gasteiger partial charge in [0, 0.05) is 40.0 Å². The summed E-state index contributed by atoms with van der Waals surface area (Å²) in [7, 11) is 3.30. The molecule has 0 saturated carbocycles. The van der Waals surface area contributed by atoms with Gasteiger partial charge in [-0.05, 0) is 38.5 Å². The van der Waals surface area contributed by atoms with Crippen molar-refractivity contribution in [3.05, 3.63) is 41.5 Å². The lowest BCUT2D eigenvalue weighted by Gasteiger charge is -2.30. The molecule has 1 amide bonds.